The average molecular weight is 411 g/mol. The van der Waals surface area contributed by atoms with Gasteiger partial charge in [0, 0.05) is 20.3 Å². The molecule has 9 heteroatoms. The molecule has 0 aliphatic heterocycles. The van der Waals surface area contributed by atoms with Crippen molar-refractivity contribution in [2.45, 2.75) is 6.92 Å². The number of hydrogen-bond donors (Lipinski definition) is 1. The Morgan fingerprint density at radius 3 is 2.70 bits per heavy atom. The predicted molar refractivity (Wildman–Crippen MR) is 107 cm³/mol. The molecule has 27 heavy (non-hydrogen) atoms. The van der Waals surface area contributed by atoms with E-state index >= 15 is 0 Å². The number of pyridine rings is 1. The molecule has 0 aliphatic rings. The maximum Gasteiger partial charge on any atom is 0.259 e. The number of likely N-dealkylation sites (N-methyl/N-ethyl adjacent to an activating group) is 1. The van der Waals surface area contributed by atoms with Gasteiger partial charge in [-0.1, -0.05) is 23.2 Å². The number of anilines is 1. The molecule has 144 valence electrons. The van der Waals surface area contributed by atoms with Gasteiger partial charge in [0.25, 0.3) is 5.91 Å². The van der Waals surface area contributed by atoms with E-state index in [4.69, 9.17) is 32.7 Å². The fourth-order valence-electron chi connectivity index (χ4n) is 1.93. The summed E-state index contributed by atoms with van der Waals surface area (Å²) < 4.78 is 11.1. The Labute approximate surface area is 167 Å². The van der Waals surface area contributed by atoms with E-state index in [2.05, 4.69) is 15.5 Å². The Kier molecular flexibility index (Phi) is 7.69. The van der Waals surface area contributed by atoms with Gasteiger partial charge in [-0.05, 0) is 36.8 Å². The van der Waals surface area contributed by atoms with E-state index in [1.807, 2.05) is 6.92 Å². The van der Waals surface area contributed by atoms with Crippen LogP contribution in [0.5, 0.6) is 11.5 Å². The number of hydrazone groups is 1. The Balaban J connectivity index is 2.08. The van der Waals surface area contributed by atoms with E-state index in [1.54, 1.807) is 44.6 Å². The monoisotopic (exact) mass is 410 g/mol. The summed E-state index contributed by atoms with van der Waals surface area (Å²) in [5.74, 6) is 1.26. The van der Waals surface area contributed by atoms with Crippen molar-refractivity contribution in [1.82, 2.24) is 9.88 Å². The van der Waals surface area contributed by atoms with Crippen molar-refractivity contribution in [3.05, 3.63) is 46.1 Å². The lowest BCUT2D eigenvalue weighted by Gasteiger charge is -2.14. The van der Waals surface area contributed by atoms with Crippen molar-refractivity contribution in [3.63, 3.8) is 0 Å². The third-order valence-corrected chi connectivity index (χ3v) is 3.80. The molecule has 0 saturated heterocycles. The van der Waals surface area contributed by atoms with E-state index in [9.17, 15) is 4.79 Å². The molecule has 1 heterocycles. The number of carbonyl (C=O) groups excluding carboxylic acids is 1. The molecule has 0 unspecified atom stereocenters. The molecule has 0 bridgehead atoms. The van der Waals surface area contributed by atoms with Crippen LogP contribution in [0.2, 0.25) is 10.0 Å². The van der Waals surface area contributed by atoms with Crippen LogP contribution in [0.15, 0.2) is 35.6 Å². The van der Waals surface area contributed by atoms with Gasteiger partial charge in [-0.3, -0.25) is 10.2 Å². The van der Waals surface area contributed by atoms with Crippen LogP contribution in [-0.4, -0.2) is 49.3 Å². The normalized spacial score (nSPS) is 10.7. The number of hydrogen-bond acceptors (Lipinski definition) is 6. The first-order valence-corrected chi connectivity index (χ1v) is 8.86. The first-order valence-electron chi connectivity index (χ1n) is 8.10. The van der Waals surface area contributed by atoms with E-state index < -0.39 is 0 Å². The molecule has 0 fully saturated rings. The van der Waals surface area contributed by atoms with Crippen LogP contribution in [0.25, 0.3) is 0 Å². The molecule has 0 aliphatic carbocycles. The summed E-state index contributed by atoms with van der Waals surface area (Å²) in [4.78, 5) is 17.2. The zero-order valence-electron chi connectivity index (χ0n) is 15.2. The van der Waals surface area contributed by atoms with Gasteiger partial charge in [-0.15, -0.1) is 0 Å². The number of ether oxygens (including phenoxy) is 2. The number of nitrogens with one attached hydrogen (secondary N) is 1. The van der Waals surface area contributed by atoms with E-state index in [-0.39, 0.29) is 12.5 Å². The average Bonchev–Trinajstić information content (AvgIpc) is 2.62. The largest absolute Gasteiger partial charge is 0.490 e. The van der Waals surface area contributed by atoms with Crippen LogP contribution in [0.1, 0.15) is 12.5 Å². The summed E-state index contributed by atoms with van der Waals surface area (Å²) in [5, 5.41) is 4.92. The van der Waals surface area contributed by atoms with Crippen molar-refractivity contribution >= 4 is 41.1 Å². The molecular formula is C18H20Cl2N4O3. The third kappa shape index (κ3) is 6.30. The minimum Gasteiger partial charge on any atom is -0.490 e. The highest BCUT2D eigenvalue weighted by Gasteiger charge is 2.10. The molecule has 0 radical (unpaired) electrons. The van der Waals surface area contributed by atoms with Crippen LogP contribution >= 0.6 is 23.2 Å². The fourth-order valence-corrected chi connectivity index (χ4v) is 2.35. The van der Waals surface area contributed by atoms with Crippen molar-refractivity contribution in [2.75, 3.05) is 32.7 Å². The lowest BCUT2D eigenvalue weighted by molar-refractivity contribution is -0.130. The molecule has 0 atom stereocenters. The number of halogens is 2. The van der Waals surface area contributed by atoms with Gasteiger partial charge < -0.3 is 14.4 Å². The molecule has 2 aromatic rings. The molecule has 7 nitrogen and oxygen atoms in total. The minimum atomic E-state index is -0.139. The van der Waals surface area contributed by atoms with E-state index in [0.29, 0.717) is 34.0 Å². The van der Waals surface area contributed by atoms with E-state index in [1.165, 1.54) is 11.1 Å². The molecular weight excluding hydrogens is 391 g/mol. The van der Waals surface area contributed by atoms with Crippen molar-refractivity contribution in [1.29, 1.82) is 0 Å². The van der Waals surface area contributed by atoms with Gasteiger partial charge in [0.15, 0.2) is 23.9 Å². The van der Waals surface area contributed by atoms with Gasteiger partial charge in [0.05, 0.1) is 22.9 Å². The number of benzene rings is 1. The lowest BCUT2D eigenvalue weighted by atomic mass is 10.2. The SMILES string of the molecule is CCOc1cc(/C=N\Nc2ncc(Cl)cc2Cl)ccc1OCC(=O)N(C)C. The van der Waals surface area contributed by atoms with Crippen LogP contribution in [0, 0.1) is 0 Å². The molecule has 2 rings (SSSR count). The van der Waals surface area contributed by atoms with Crippen LogP contribution in [0.3, 0.4) is 0 Å². The number of aromatic nitrogens is 1. The summed E-state index contributed by atoms with van der Waals surface area (Å²) in [6, 6.07) is 6.85. The summed E-state index contributed by atoms with van der Waals surface area (Å²) in [5.41, 5.74) is 3.52. The summed E-state index contributed by atoms with van der Waals surface area (Å²) >= 11 is 11.8. The second-order valence-electron chi connectivity index (χ2n) is 5.57. The highest BCUT2D eigenvalue weighted by Crippen LogP contribution is 2.28. The maximum absolute atomic E-state index is 11.7. The molecule has 1 aromatic carbocycles. The Morgan fingerprint density at radius 1 is 1.26 bits per heavy atom. The first-order chi connectivity index (χ1) is 12.9. The third-order valence-electron chi connectivity index (χ3n) is 3.31. The topological polar surface area (TPSA) is 76.0 Å². The molecule has 1 N–H and O–H groups in total. The number of rotatable bonds is 8. The molecule has 0 saturated carbocycles. The zero-order chi connectivity index (χ0) is 19.8. The predicted octanol–water partition coefficient (Wildman–Crippen LogP) is 3.70. The van der Waals surface area contributed by atoms with Crippen LogP contribution in [0.4, 0.5) is 5.82 Å². The van der Waals surface area contributed by atoms with Crippen molar-refractivity contribution in [2.24, 2.45) is 5.10 Å². The van der Waals surface area contributed by atoms with Crippen molar-refractivity contribution < 1.29 is 14.3 Å². The smallest absolute Gasteiger partial charge is 0.259 e. The van der Waals surface area contributed by atoms with Gasteiger partial charge in [-0.2, -0.15) is 5.10 Å². The Bertz CT molecular complexity index is 828. The quantitative estimate of drug-likeness (QED) is 0.530. The highest BCUT2D eigenvalue weighted by atomic mass is 35.5. The second kappa shape index (κ2) is 9.99. The lowest BCUT2D eigenvalue weighted by Crippen LogP contribution is -2.27. The van der Waals surface area contributed by atoms with Gasteiger partial charge in [0.1, 0.15) is 0 Å². The molecule has 1 amide bonds. The number of amides is 1. The van der Waals surface area contributed by atoms with Gasteiger partial charge in [-0.25, -0.2) is 4.98 Å². The maximum atomic E-state index is 11.7. The molecule has 1 aromatic heterocycles. The second-order valence-corrected chi connectivity index (χ2v) is 6.41. The van der Waals surface area contributed by atoms with E-state index in [0.717, 1.165) is 5.56 Å². The fraction of sp³-hybridized carbons (Fsp3) is 0.278. The van der Waals surface area contributed by atoms with Crippen LogP contribution in [-0.2, 0) is 4.79 Å². The minimum absolute atomic E-state index is 0.0667. The zero-order valence-corrected chi connectivity index (χ0v) is 16.7. The summed E-state index contributed by atoms with van der Waals surface area (Å²) in [6.45, 7) is 2.26. The Morgan fingerprint density at radius 2 is 2.04 bits per heavy atom. The van der Waals surface area contributed by atoms with Gasteiger partial charge in [0.2, 0.25) is 0 Å². The summed E-state index contributed by atoms with van der Waals surface area (Å²) in [6.07, 6.45) is 3.06. The highest BCUT2D eigenvalue weighted by molar-refractivity contribution is 6.35. The Hall–Kier alpha value is -2.51. The summed E-state index contributed by atoms with van der Waals surface area (Å²) in [7, 11) is 3.34. The first kappa shape index (κ1) is 20.8. The van der Waals surface area contributed by atoms with Crippen molar-refractivity contribution in [3.8, 4) is 11.5 Å². The number of nitrogens with zero attached hydrogens (tertiary/aromatic N) is 3. The molecule has 0 spiro atoms. The number of carbonyl (C=O) groups is 1. The van der Waals surface area contributed by atoms with Gasteiger partial charge >= 0.3 is 0 Å². The van der Waals surface area contributed by atoms with Crippen LogP contribution < -0.4 is 14.9 Å². The standard InChI is InChI=1S/C18H20Cl2N4O3/c1-4-26-16-7-12(5-6-15(16)27-11-17(25)24(2)3)9-22-23-18-14(20)8-13(19)10-21-18/h5-10H,4,11H2,1-3H3,(H,21,23)/b22-9-.